The number of benzene rings is 1. The van der Waals surface area contributed by atoms with E-state index in [1.54, 1.807) is 0 Å². The van der Waals surface area contributed by atoms with Crippen LogP contribution in [0.15, 0.2) is 30.5 Å². The number of aromatic nitrogens is 1. The molecule has 2 nitrogen and oxygen atoms in total. The van der Waals surface area contributed by atoms with Gasteiger partial charge in [-0.2, -0.15) is 0 Å². The molecule has 2 aromatic rings. The van der Waals surface area contributed by atoms with Crippen LogP contribution in [-0.4, -0.2) is 4.57 Å². The molecule has 0 saturated carbocycles. The summed E-state index contributed by atoms with van der Waals surface area (Å²) in [6.45, 7) is 2.66. The lowest BCUT2D eigenvalue weighted by molar-refractivity contribution is 0.842. The highest BCUT2D eigenvalue weighted by atomic mass is 35.5. The van der Waals surface area contributed by atoms with Crippen molar-refractivity contribution in [1.82, 2.24) is 4.57 Å². The van der Waals surface area contributed by atoms with Crippen molar-refractivity contribution in [3.8, 4) is 0 Å². The van der Waals surface area contributed by atoms with Crippen molar-refractivity contribution in [1.29, 1.82) is 0 Å². The Labute approximate surface area is 111 Å². The van der Waals surface area contributed by atoms with Gasteiger partial charge >= 0.3 is 0 Å². The maximum atomic E-state index is 6.15. The fourth-order valence-electron chi connectivity index (χ4n) is 1.65. The van der Waals surface area contributed by atoms with E-state index in [0.717, 1.165) is 22.8 Å². The number of nitrogens with zero attached hydrogens (tertiary/aromatic N) is 1. The van der Waals surface area contributed by atoms with Crippen LogP contribution < -0.4 is 5.32 Å². The molecule has 0 aliphatic carbocycles. The highest BCUT2D eigenvalue weighted by Crippen LogP contribution is 2.29. The summed E-state index contributed by atoms with van der Waals surface area (Å²) in [6, 6.07) is 7.82. The molecule has 17 heavy (non-hydrogen) atoms. The Hall–Kier alpha value is -1.12. The molecule has 1 aromatic carbocycles. The van der Waals surface area contributed by atoms with Gasteiger partial charge in [0.1, 0.15) is 0 Å². The van der Waals surface area contributed by atoms with Crippen LogP contribution in [0, 0.1) is 6.92 Å². The van der Waals surface area contributed by atoms with Crippen molar-refractivity contribution >= 4 is 28.9 Å². The minimum atomic E-state index is 0.695. The molecule has 0 unspecified atom stereocenters. The topological polar surface area (TPSA) is 17.0 Å². The second-order valence-corrected chi connectivity index (χ2v) is 4.86. The average Bonchev–Trinajstić information content (AvgIpc) is 2.68. The molecule has 0 fully saturated rings. The van der Waals surface area contributed by atoms with Gasteiger partial charge < -0.3 is 9.88 Å². The minimum absolute atomic E-state index is 0.695. The van der Waals surface area contributed by atoms with Gasteiger partial charge in [0, 0.05) is 24.0 Å². The lowest BCUT2D eigenvalue weighted by Crippen LogP contribution is -2.04. The molecule has 2 rings (SSSR count). The summed E-state index contributed by atoms with van der Waals surface area (Å²) in [5.41, 5.74) is 3.04. The van der Waals surface area contributed by atoms with Gasteiger partial charge in [-0.25, -0.2) is 0 Å². The van der Waals surface area contributed by atoms with Crippen LogP contribution in [0.2, 0.25) is 10.0 Å². The predicted octanol–water partition coefficient (Wildman–Crippen LogP) is 4.25. The number of aryl methyl sites for hydroxylation is 2. The number of hydrogen-bond donors (Lipinski definition) is 1. The molecule has 0 radical (unpaired) electrons. The van der Waals surface area contributed by atoms with Crippen LogP contribution in [0.1, 0.15) is 11.3 Å². The van der Waals surface area contributed by atoms with Crippen LogP contribution in [0.4, 0.5) is 5.69 Å². The summed E-state index contributed by atoms with van der Waals surface area (Å²) in [5.74, 6) is 0. The highest BCUT2D eigenvalue weighted by Gasteiger charge is 2.05. The zero-order chi connectivity index (χ0) is 12.4. The van der Waals surface area contributed by atoms with E-state index in [2.05, 4.69) is 16.0 Å². The molecule has 1 heterocycles. The summed E-state index contributed by atoms with van der Waals surface area (Å²) in [5, 5.41) is 4.71. The molecular weight excluding hydrogens is 255 g/mol. The zero-order valence-electron chi connectivity index (χ0n) is 9.80. The third-order valence-electron chi connectivity index (χ3n) is 2.76. The quantitative estimate of drug-likeness (QED) is 0.881. The van der Waals surface area contributed by atoms with E-state index in [0.29, 0.717) is 5.02 Å². The molecule has 1 aromatic heterocycles. The van der Waals surface area contributed by atoms with Gasteiger partial charge in [-0.15, -0.1) is 0 Å². The Balaban J connectivity index is 2.14. The summed E-state index contributed by atoms with van der Waals surface area (Å²) in [6.07, 6.45) is 2.01. The molecule has 0 amide bonds. The molecule has 0 bridgehead atoms. The number of anilines is 1. The summed E-state index contributed by atoms with van der Waals surface area (Å²) in [4.78, 5) is 0. The Morgan fingerprint density at radius 3 is 2.65 bits per heavy atom. The Morgan fingerprint density at radius 2 is 2.00 bits per heavy atom. The fraction of sp³-hybridized carbons (Fsp3) is 0.231. The van der Waals surface area contributed by atoms with Crippen LogP contribution in [0.25, 0.3) is 0 Å². The van der Waals surface area contributed by atoms with Crippen molar-refractivity contribution in [2.24, 2.45) is 7.05 Å². The monoisotopic (exact) mass is 268 g/mol. The van der Waals surface area contributed by atoms with Crippen LogP contribution in [-0.2, 0) is 13.6 Å². The van der Waals surface area contributed by atoms with Crippen LogP contribution in [0.3, 0.4) is 0 Å². The standard InChI is InChI=1S/C13H14Cl2N2/c1-9-6-12(15)13(7-11(9)14)16-8-10-4-3-5-17(10)2/h3-7,16H,8H2,1-2H3. The Morgan fingerprint density at radius 1 is 1.24 bits per heavy atom. The molecule has 90 valence electrons. The molecule has 0 atom stereocenters. The maximum absolute atomic E-state index is 6.15. The lowest BCUT2D eigenvalue weighted by atomic mass is 10.2. The molecular formula is C13H14Cl2N2. The van der Waals surface area contributed by atoms with Gasteiger partial charge in [0.25, 0.3) is 0 Å². The number of halogens is 2. The van der Waals surface area contributed by atoms with Crippen LogP contribution >= 0.6 is 23.2 Å². The van der Waals surface area contributed by atoms with Gasteiger partial charge in [-0.3, -0.25) is 0 Å². The second-order valence-electron chi connectivity index (χ2n) is 4.05. The number of nitrogens with one attached hydrogen (secondary N) is 1. The van der Waals surface area contributed by atoms with Gasteiger partial charge in [-0.1, -0.05) is 23.2 Å². The van der Waals surface area contributed by atoms with Gasteiger partial charge in [0.15, 0.2) is 0 Å². The van der Waals surface area contributed by atoms with Crippen molar-refractivity contribution in [2.75, 3.05) is 5.32 Å². The van der Waals surface area contributed by atoms with E-state index in [1.165, 1.54) is 5.69 Å². The first-order valence-corrected chi connectivity index (χ1v) is 6.13. The fourth-order valence-corrected chi connectivity index (χ4v) is 2.10. The van der Waals surface area contributed by atoms with E-state index in [4.69, 9.17) is 23.2 Å². The average molecular weight is 269 g/mol. The Bertz CT molecular complexity index is 532. The van der Waals surface area contributed by atoms with Crippen LogP contribution in [0.5, 0.6) is 0 Å². The number of hydrogen-bond acceptors (Lipinski definition) is 1. The first-order valence-electron chi connectivity index (χ1n) is 5.37. The van der Waals surface area contributed by atoms with E-state index >= 15 is 0 Å². The lowest BCUT2D eigenvalue weighted by Gasteiger charge is -2.11. The minimum Gasteiger partial charge on any atom is -0.378 e. The van der Waals surface area contributed by atoms with Crippen molar-refractivity contribution in [2.45, 2.75) is 13.5 Å². The Kier molecular flexibility index (Phi) is 3.65. The van der Waals surface area contributed by atoms with Gasteiger partial charge in [0.05, 0.1) is 17.3 Å². The molecule has 0 aliphatic rings. The molecule has 1 N–H and O–H groups in total. The van der Waals surface area contributed by atoms with Crippen molar-refractivity contribution in [3.63, 3.8) is 0 Å². The summed E-state index contributed by atoms with van der Waals surface area (Å²) < 4.78 is 2.07. The first kappa shape index (κ1) is 12.3. The summed E-state index contributed by atoms with van der Waals surface area (Å²) in [7, 11) is 2.01. The predicted molar refractivity (Wildman–Crippen MR) is 73.9 cm³/mol. The van der Waals surface area contributed by atoms with E-state index in [9.17, 15) is 0 Å². The highest BCUT2D eigenvalue weighted by molar-refractivity contribution is 6.35. The van der Waals surface area contributed by atoms with Gasteiger partial charge in [0.2, 0.25) is 0 Å². The SMILES string of the molecule is Cc1cc(Cl)c(NCc2cccn2C)cc1Cl. The first-order chi connectivity index (χ1) is 8.08. The van der Waals surface area contributed by atoms with Gasteiger partial charge in [-0.05, 0) is 36.8 Å². The van der Waals surface area contributed by atoms with E-state index < -0.39 is 0 Å². The normalized spacial score (nSPS) is 10.6. The molecule has 0 spiro atoms. The largest absolute Gasteiger partial charge is 0.378 e. The second kappa shape index (κ2) is 5.03. The maximum Gasteiger partial charge on any atom is 0.0641 e. The molecule has 4 heteroatoms. The summed E-state index contributed by atoms with van der Waals surface area (Å²) >= 11 is 12.2. The smallest absolute Gasteiger partial charge is 0.0641 e. The third-order valence-corrected chi connectivity index (χ3v) is 3.48. The van der Waals surface area contributed by atoms with E-state index in [-0.39, 0.29) is 0 Å². The zero-order valence-corrected chi connectivity index (χ0v) is 11.3. The molecule has 0 saturated heterocycles. The van der Waals surface area contributed by atoms with Crippen molar-refractivity contribution < 1.29 is 0 Å². The molecule has 0 aliphatic heterocycles. The van der Waals surface area contributed by atoms with E-state index in [1.807, 2.05) is 38.4 Å². The van der Waals surface area contributed by atoms with Crippen molar-refractivity contribution in [3.05, 3.63) is 51.8 Å². The third kappa shape index (κ3) is 2.76. The number of rotatable bonds is 3.